The van der Waals surface area contributed by atoms with Crippen LogP contribution in [0.15, 0.2) is 29.2 Å². The fourth-order valence-corrected chi connectivity index (χ4v) is 2.94. The van der Waals surface area contributed by atoms with E-state index in [1.807, 2.05) is 4.72 Å². The van der Waals surface area contributed by atoms with E-state index in [1.54, 1.807) is 12.1 Å². The molecule has 1 aromatic rings. The van der Waals surface area contributed by atoms with E-state index in [2.05, 4.69) is 0 Å². The molecular formula is C13H18N2O8S. The minimum atomic E-state index is -3.55. The summed E-state index contributed by atoms with van der Waals surface area (Å²) in [6.45, 7) is -0.705. The number of aliphatic hydroxyl groups excluding tert-OH is 4. The van der Waals surface area contributed by atoms with Crippen LogP contribution >= 0.6 is 0 Å². The van der Waals surface area contributed by atoms with Crippen molar-refractivity contribution in [2.75, 3.05) is 6.61 Å². The number of carbonyl (C=O) groups is 2. The van der Waals surface area contributed by atoms with E-state index in [0.717, 1.165) is 0 Å². The zero-order valence-electron chi connectivity index (χ0n) is 12.3. The topological polar surface area (TPSA) is 187 Å². The van der Waals surface area contributed by atoms with Crippen molar-refractivity contribution in [3.05, 3.63) is 29.8 Å². The predicted molar refractivity (Wildman–Crippen MR) is 80.2 cm³/mol. The number of aliphatic hydroxyl groups is 4. The van der Waals surface area contributed by atoms with Crippen molar-refractivity contribution in [2.24, 2.45) is 5.73 Å². The third-order valence-corrected chi connectivity index (χ3v) is 4.52. The number of sulfonamides is 1. The summed E-state index contributed by atoms with van der Waals surface area (Å²) >= 11 is 0. The molecule has 134 valence electrons. The third-order valence-electron chi connectivity index (χ3n) is 3.13. The van der Waals surface area contributed by atoms with Crippen molar-refractivity contribution in [2.45, 2.75) is 29.2 Å². The van der Waals surface area contributed by atoms with Gasteiger partial charge in [-0.25, -0.2) is 13.1 Å². The first-order valence-electron chi connectivity index (χ1n) is 6.67. The van der Waals surface area contributed by atoms with Crippen molar-refractivity contribution < 1.29 is 38.4 Å². The molecular weight excluding hydrogens is 344 g/mol. The summed E-state index contributed by atoms with van der Waals surface area (Å²) in [4.78, 5) is 21.1. The van der Waals surface area contributed by atoms with E-state index >= 15 is 0 Å². The Morgan fingerprint density at radius 2 is 1.75 bits per heavy atom. The minimum absolute atomic E-state index is 0.0648. The van der Waals surface area contributed by atoms with E-state index in [-0.39, 0.29) is 16.7 Å². The Labute approximate surface area is 137 Å². The number of hydrogen-bond donors (Lipinski definition) is 6. The summed E-state index contributed by atoms with van der Waals surface area (Å²) in [5, 5.41) is 35.2. The van der Waals surface area contributed by atoms with Gasteiger partial charge in [-0.1, -0.05) is 12.1 Å². The first kappa shape index (κ1) is 20.2. The van der Waals surface area contributed by atoms with Crippen molar-refractivity contribution in [1.29, 1.82) is 0 Å². The molecule has 0 bridgehead atoms. The van der Waals surface area contributed by atoms with Crippen molar-refractivity contribution in [1.82, 2.24) is 4.72 Å². The molecule has 0 saturated heterocycles. The molecule has 1 aliphatic heterocycles. The van der Waals surface area contributed by atoms with Gasteiger partial charge in [-0.3, -0.25) is 4.79 Å². The van der Waals surface area contributed by atoms with Gasteiger partial charge in [-0.15, -0.1) is 0 Å². The van der Waals surface area contributed by atoms with E-state index in [9.17, 15) is 18.0 Å². The van der Waals surface area contributed by atoms with Crippen molar-refractivity contribution in [3.63, 3.8) is 0 Å². The molecule has 11 heteroatoms. The highest BCUT2D eigenvalue weighted by atomic mass is 32.2. The van der Waals surface area contributed by atoms with Gasteiger partial charge in [0, 0.05) is 0 Å². The zero-order valence-corrected chi connectivity index (χ0v) is 13.1. The number of hydrogen-bond acceptors (Lipinski definition) is 9. The highest BCUT2D eigenvalue weighted by Gasteiger charge is 2.31. The molecule has 24 heavy (non-hydrogen) atoms. The summed E-state index contributed by atoms with van der Waals surface area (Å²) in [6, 6.07) is 4.83. The highest BCUT2D eigenvalue weighted by molar-refractivity contribution is 7.90. The van der Waals surface area contributed by atoms with Gasteiger partial charge in [-0.2, -0.15) is 0 Å². The lowest BCUT2D eigenvalue weighted by Crippen LogP contribution is -2.49. The average Bonchev–Trinajstić information content (AvgIpc) is 2.82. The molecule has 0 radical (unpaired) electrons. The van der Waals surface area contributed by atoms with Gasteiger partial charge in [-0.05, 0) is 12.1 Å². The number of carbonyl (C=O) groups excluding carboxylic acids is 2. The maximum atomic E-state index is 11.1. The molecule has 0 unspecified atom stereocenters. The van der Waals surface area contributed by atoms with Gasteiger partial charge >= 0.3 is 0 Å². The van der Waals surface area contributed by atoms with Crippen LogP contribution in [-0.2, 0) is 14.8 Å². The monoisotopic (exact) mass is 362 g/mol. The predicted octanol–water partition coefficient (Wildman–Crippen LogP) is -3.29. The lowest BCUT2D eigenvalue weighted by Gasteiger charge is -2.23. The Kier molecular flexibility index (Phi) is 6.95. The van der Waals surface area contributed by atoms with Gasteiger partial charge in [0.1, 0.15) is 29.5 Å². The lowest BCUT2D eigenvalue weighted by molar-refractivity contribution is -0.118. The quantitative estimate of drug-likeness (QED) is 0.292. The molecule has 0 aromatic heterocycles. The summed E-state index contributed by atoms with van der Waals surface area (Å²) in [6.07, 6.45) is -4.43. The first-order valence-corrected chi connectivity index (χ1v) is 8.16. The number of aldehydes is 1. The minimum Gasteiger partial charge on any atom is -0.394 e. The van der Waals surface area contributed by atoms with Crippen LogP contribution in [0.25, 0.3) is 0 Å². The largest absolute Gasteiger partial charge is 0.394 e. The Hall–Kier alpha value is -1.89. The second kappa shape index (κ2) is 8.28. The maximum Gasteiger partial charge on any atom is 0.266 e. The molecule has 0 fully saturated rings. The maximum absolute atomic E-state index is 11.1. The molecule has 1 aliphatic rings. The highest BCUT2D eigenvalue weighted by Crippen LogP contribution is 2.20. The SMILES string of the molecule is N[C@@H](C=O)[C@@H](O)[C@@H](O)[C@H](O)CO.O=C1NS(=O)(=O)c2ccccc21. The van der Waals surface area contributed by atoms with E-state index in [0.29, 0.717) is 0 Å². The Bertz CT molecular complexity index is 693. The summed E-state index contributed by atoms with van der Waals surface area (Å²) in [7, 11) is -3.55. The van der Waals surface area contributed by atoms with Crippen LogP contribution in [0.1, 0.15) is 10.4 Å². The molecule has 0 aliphatic carbocycles. The average molecular weight is 362 g/mol. The van der Waals surface area contributed by atoms with Crippen LogP contribution in [0, 0.1) is 0 Å². The van der Waals surface area contributed by atoms with E-state index in [4.69, 9.17) is 26.2 Å². The molecule has 4 atom stereocenters. The molecule has 1 aromatic carbocycles. The number of amides is 1. The summed E-state index contributed by atoms with van der Waals surface area (Å²) < 4.78 is 24.2. The van der Waals surface area contributed by atoms with Crippen LogP contribution in [-0.4, -0.2) is 72.0 Å². The molecule has 1 amide bonds. The molecule has 7 N–H and O–H groups in total. The van der Waals surface area contributed by atoms with Crippen LogP contribution in [0.5, 0.6) is 0 Å². The summed E-state index contributed by atoms with van der Waals surface area (Å²) in [5.41, 5.74) is 5.26. The third kappa shape index (κ3) is 4.56. The van der Waals surface area contributed by atoms with Crippen LogP contribution in [0.2, 0.25) is 0 Å². The molecule has 10 nitrogen and oxygen atoms in total. The number of nitrogens with two attached hydrogens (primary N) is 1. The second-order valence-electron chi connectivity index (χ2n) is 4.88. The molecule has 0 saturated carbocycles. The standard InChI is InChI=1S/C7H5NO3S.C6H13NO5/c9-7-5-3-1-2-4-6(5)12(10,11)8-7;7-3(1-8)5(11)6(12)4(10)2-9/h1-4H,(H,8,9);1,3-6,9-12H,2,7H2/t;3-,4+,5+,6-/m.0/s1. The van der Waals surface area contributed by atoms with Gasteiger partial charge in [0.25, 0.3) is 15.9 Å². The first-order chi connectivity index (χ1) is 11.2. The number of rotatable bonds is 5. The van der Waals surface area contributed by atoms with Crippen LogP contribution < -0.4 is 10.5 Å². The molecule has 2 rings (SSSR count). The Morgan fingerprint density at radius 3 is 2.25 bits per heavy atom. The van der Waals surface area contributed by atoms with Crippen molar-refractivity contribution in [3.8, 4) is 0 Å². The van der Waals surface area contributed by atoms with Gasteiger partial charge in [0.15, 0.2) is 0 Å². The van der Waals surface area contributed by atoms with E-state index in [1.165, 1.54) is 12.1 Å². The number of nitrogens with one attached hydrogen (secondary N) is 1. The zero-order chi connectivity index (χ0) is 18.5. The van der Waals surface area contributed by atoms with Gasteiger partial charge in [0.05, 0.1) is 18.2 Å². The van der Waals surface area contributed by atoms with Gasteiger partial charge < -0.3 is 31.0 Å². The number of benzene rings is 1. The fraction of sp³-hybridized carbons (Fsp3) is 0.385. The number of fused-ring (bicyclic) bond motifs is 1. The Balaban J connectivity index is 0.000000240. The smallest absolute Gasteiger partial charge is 0.266 e. The lowest BCUT2D eigenvalue weighted by atomic mass is 10.0. The molecule has 0 spiro atoms. The fourth-order valence-electron chi connectivity index (χ4n) is 1.76. The summed E-state index contributed by atoms with van der Waals surface area (Å²) in [5.74, 6) is -0.550. The normalized spacial score (nSPS) is 19.8. The van der Waals surface area contributed by atoms with E-state index < -0.39 is 46.9 Å². The van der Waals surface area contributed by atoms with Crippen LogP contribution in [0.4, 0.5) is 0 Å². The van der Waals surface area contributed by atoms with Crippen molar-refractivity contribution >= 4 is 22.2 Å². The van der Waals surface area contributed by atoms with Crippen LogP contribution in [0.3, 0.4) is 0 Å². The second-order valence-corrected chi connectivity index (χ2v) is 6.53. The van der Waals surface area contributed by atoms with Gasteiger partial charge in [0.2, 0.25) is 0 Å². The molecule has 1 heterocycles. The Morgan fingerprint density at radius 1 is 1.17 bits per heavy atom.